The maximum atomic E-state index is 8.66. The van der Waals surface area contributed by atoms with Crippen LogP contribution in [0, 0.1) is 0 Å². The van der Waals surface area contributed by atoms with Crippen molar-refractivity contribution in [3.63, 3.8) is 0 Å². The number of benzene rings is 1. The van der Waals surface area contributed by atoms with Crippen LogP contribution in [0.3, 0.4) is 0 Å². The standard InChI is InChI=1S/C12H14N2O3/c1-16-12-5-3-2-4-11(12)14-9-10(8-13-14)17-7-6-15/h2-5,8-9,15H,6-7H2,1H3. The van der Waals surface area contributed by atoms with E-state index in [2.05, 4.69) is 5.10 Å². The Labute approximate surface area is 99.2 Å². The summed E-state index contributed by atoms with van der Waals surface area (Å²) in [5, 5.41) is 12.8. The van der Waals surface area contributed by atoms with Crippen LogP contribution in [0.25, 0.3) is 5.69 Å². The summed E-state index contributed by atoms with van der Waals surface area (Å²) in [6, 6.07) is 7.58. The number of rotatable bonds is 5. The van der Waals surface area contributed by atoms with Gasteiger partial charge in [0.15, 0.2) is 5.75 Å². The second-order valence-corrected chi connectivity index (χ2v) is 3.36. The lowest BCUT2D eigenvalue weighted by Gasteiger charge is -2.07. The minimum atomic E-state index is -0.0140. The number of hydrogen-bond acceptors (Lipinski definition) is 4. The molecule has 0 atom stereocenters. The number of aliphatic hydroxyl groups is 1. The lowest BCUT2D eigenvalue weighted by atomic mass is 10.3. The molecule has 1 N–H and O–H groups in total. The third-order valence-corrected chi connectivity index (χ3v) is 2.25. The summed E-state index contributed by atoms with van der Waals surface area (Å²) >= 11 is 0. The van der Waals surface area contributed by atoms with Gasteiger partial charge in [-0.3, -0.25) is 0 Å². The number of aliphatic hydroxyl groups excluding tert-OH is 1. The molecule has 0 radical (unpaired) electrons. The summed E-state index contributed by atoms with van der Waals surface area (Å²) in [4.78, 5) is 0. The summed E-state index contributed by atoms with van der Waals surface area (Å²) in [6.45, 7) is 0.247. The molecule has 0 aliphatic rings. The Morgan fingerprint density at radius 3 is 2.94 bits per heavy atom. The number of hydrogen-bond donors (Lipinski definition) is 1. The first-order valence-corrected chi connectivity index (χ1v) is 5.27. The highest BCUT2D eigenvalue weighted by molar-refractivity contribution is 5.46. The van der Waals surface area contributed by atoms with Gasteiger partial charge < -0.3 is 14.6 Å². The number of aromatic nitrogens is 2. The number of nitrogens with zero attached hydrogens (tertiary/aromatic N) is 2. The molecule has 0 saturated carbocycles. The Morgan fingerprint density at radius 2 is 2.18 bits per heavy atom. The van der Waals surface area contributed by atoms with Gasteiger partial charge in [-0.2, -0.15) is 5.10 Å². The van der Waals surface area contributed by atoms with Crippen molar-refractivity contribution in [3.8, 4) is 17.2 Å². The first-order chi connectivity index (χ1) is 8.35. The van der Waals surface area contributed by atoms with Crippen molar-refractivity contribution in [3.05, 3.63) is 36.7 Å². The highest BCUT2D eigenvalue weighted by Crippen LogP contribution is 2.22. The van der Waals surface area contributed by atoms with Crippen molar-refractivity contribution in [1.82, 2.24) is 9.78 Å². The minimum absolute atomic E-state index is 0.0140. The Balaban J connectivity index is 2.24. The van der Waals surface area contributed by atoms with E-state index in [1.54, 1.807) is 24.2 Å². The zero-order chi connectivity index (χ0) is 12.1. The summed E-state index contributed by atoms with van der Waals surface area (Å²) in [6.07, 6.45) is 3.34. The predicted molar refractivity (Wildman–Crippen MR) is 62.7 cm³/mol. The van der Waals surface area contributed by atoms with Gasteiger partial charge in [0.2, 0.25) is 0 Å². The highest BCUT2D eigenvalue weighted by atomic mass is 16.5. The molecule has 1 aromatic carbocycles. The Morgan fingerprint density at radius 1 is 1.35 bits per heavy atom. The average Bonchev–Trinajstić information content (AvgIpc) is 2.85. The fraction of sp³-hybridized carbons (Fsp3) is 0.250. The van der Waals surface area contributed by atoms with Gasteiger partial charge >= 0.3 is 0 Å². The van der Waals surface area contributed by atoms with Crippen LogP contribution in [0.4, 0.5) is 0 Å². The van der Waals surface area contributed by atoms with E-state index in [4.69, 9.17) is 14.6 Å². The molecular weight excluding hydrogens is 220 g/mol. The van der Waals surface area contributed by atoms with Gasteiger partial charge in [-0.1, -0.05) is 12.1 Å². The van der Waals surface area contributed by atoms with Crippen LogP contribution < -0.4 is 9.47 Å². The smallest absolute Gasteiger partial charge is 0.157 e. The van der Waals surface area contributed by atoms with Crippen LogP contribution in [0.2, 0.25) is 0 Å². The summed E-state index contributed by atoms with van der Waals surface area (Å²) in [5.41, 5.74) is 0.842. The van der Waals surface area contributed by atoms with Gasteiger partial charge in [0, 0.05) is 0 Å². The summed E-state index contributed by atoms with van der Waals surface area (Å²) < 4.78 is 12.2. The molecule has 2 rings (SSSR count). The Hall–Kier alpha value is -2.01. The second kappa shape index (κ2) is 5.36. The molecule has 1 heterocycles. The van der Waals surface area contributed by atoms with Crippen molar-refractivity contribution >= 4 is 0 Å². The molecule has 1 aromatic heterocycles. The van der Waals surface area contributed by atoms with Gasteiger partial charge in [-0.25, -0.2) is 4.68 Å². The first-order valence-electron chi connectivity index (χ1n) is 5.27. The third-order valence-electron chi connectivity index (χ3n) is 2.25. The maximum absolute atomic E-state index is 8.66. The first kappa shape index (κ1) is 11.5. The largest absolute Gasteiger partial charge is 0.494 e. The fourth-order valence-electron chi connectivity index (χ4n) is 1.50. The molecule has 0 saturated heterocycles. The molecule has 17 heavy (non-hydrogen) atoms. The van der Waals surface area contributed by atoms with Crippen LogP contribution in [0.15, 0.2) is 36.7 Å². The van der Waals surface area contributed by atoms with Crippen molar-refractivity contribution < 1.29 is 14.6 Å². The molecule has 0 fully saturated rings. The molecule has 0 amide bonds. The topological polar surface area (TPSA) is 56.5 Å². The maximum Gasteiger partial charge on any atom is 0.157 e. The van der Waals surface area contributed by atoms with Gasteiger partial charge in [0.25, 0.3) is 0 Å². The zero-order valence-corrected chi connectivity index (χ0v) is 9.54. The van der Waals surface area contributed by atoms with Gasteiger partial charge in [0.05, 0.1) is 26.1 Å². The lowest BCUT2D eigenvalue weighted by molar-refractivity contribution is 0.201. The van der Waals surface area contributed by atoms with E-state index in [0.717, 1.165) is 11.4 Å². The molecule has 5 nitrogen and oxygen atoms in total. The van der Waals surface area contributed by atoms with Crippen molar-refractivity contribution in [2.24, 2.45) is 0 Å². The number of para-hydroxylation sites is 2. The normalized spacial score (nSPS) is 10.2. The SMILES string of the molecule is COc1ccccc1-n1cc(OCCO)cn1. The lowest BCUT2D eigenvalue weighted by Crippen LogP contribution is -2.01. The third kappa shape index (κ3) is 2.57. The van der Waals surface area contributed by atoms with Gasteiger partial charge in [-0.05, 0) is 12.1 Å². The van der Waals surface area contributed by atoms with Crippen LogP contribution in [0.5, 0.6) is 11.5 Å². The highest BCUT2D eigenvalue weighted by Gasteiger charge is 2.06. The van der Waals surface area contributed by atoms with Crippen molar-refractivity contribution in [1.29, 1.82) is 0 Å². The van der Waals surface area contributed by atoms with E-state index in [0.29, 0.717) is 5.75 Å². The molecule has 0 unspecified atom stereocenters. The molecule has 0 bridgehead atoms. The Kier molecular flexibility index (Phi) is 3.62. The molecule has 0 aliphatic carbocycles. The van der Waals surface area contributed by atoms with E-state index in [1.165, 1.54) is 0 Å². The number of methoxy groups -OCH3 is 1. The van der Waals surface area contributed by atoms with Gasteiger partial charge in [0.1, 0.15) is 18.0 Å². The molecule has 0 spiro atoms. The van der Waals surface area contributed by atoms with Gasteiger partial charge in [-0.15, -0.1) is 0 Å². The molecule has 0 aliphatic heterocycles. The van der Waals surface area contributed by atoms with E-state index in [1.807, 2.05) is 24.3 Å². The predicted octanol–water partition coefficient (Wildman–Crippen LogP) is 1.25. The van der Waals surface area contributed by atoms with Crippen molar-refractivity contribution in [2.45, 2.75) is 0 Å². The van der Waals surface area contributed by atoms with Crippen LogP contribution in [-0.2, 0) is 0 Å². The molecule has 2 aromatic rings. The second-order valence-electron chi connectivity index (χ2n) is 3.36. The van der Waals surface area contributed by atoms with E-state index in [-0.39, 0.29) is 13.2 Å². The average molecular weight is 234 g/mol. The molecule has 5 heteroatoms. The van der Waals surface area contributed by atoms with E-state index in [9.17, 15) is 0 Å². The summed E-state index contributed by atoms with van der Waals surface area (Å²) in [7, 11) is 1.62. The quantitative estimate of drug-likeness (QED) is 0.846. The van der Waals surface area contributed by atoms with E-state index < -0.39 is 0 Å². The molecule has 90 valence electrons. The number of ether oxygens (including phenoxy) is 2. The minimum Gasteiger partial charge on any atom is -0.494 e. The van der Waals surface area contributed by atoms with E-state index >= 15 is 0 Å². The monoisotopic (exact) mass is 234 g/mol. The van der Waals surface area contributed by atoms with Crippen LogP contribution in [0.1, 0.15) is 0 Å². The molecular formula is C12H14N2O3. The zero-order valence-electron chi connectivity index (χ0n) is 9.54. The van der Waals surface area contributed by atoms with Crippen LogP contribution >= 0.6 is 0 Å². The fourth-order valence-corrected chi connectivity index (χ4v) is 1.50. The van der Waals surface area contributed by atoms with Crippen LogP contribution in [-0.4, -0.2) is 35.2 Å². The Bertz CT molecular complexity index is 482. The van der Waals surface area contributed by atoms with Crippen molar-refractivity contribution in [2.75, 3.05) is 20.3 Å². The summed E-state index contributed by atoms with van der Waals surface area (Å²) in [5.74, 6) is 1.36.